The van der Waals surface area contributed by atoms with Crippen LogP contribution in [0.2, 0.25) is 0 Å². The van der Waals surface area contributed by atoms with E-state index in [1.54, 1.807) is 17.9 Å². The average molecular weight is 258 g/mol. The summed E-state index contributed by atoms with van der Waals surface area (Å²) in [5.74, 6) is -0.190. The molecule has 1 rings (SSSR count). The van der Waals surface area contributed by atoms with Crippen LogP contribution in [0.25, 0.3) is 0 Å². The first kappa shape index (κ1) is 14.0. The Labute approximate surface area is 106 Å². The Morgan fingerprint density at radius 2 is 2.12 bits per heavy atom. The Morgan fingerprint density at radius 3 is 2.65 bits per heavy atom. The second kappa shape index (κ2) is 6.01. The lowest BCUT2D eigenvalue weighted by atomic mass is 10.1. The van der Waals surface area contributed by atoms with Crippen LogP contribution in [-0.4, -0.2) is 29.3 Å². The van der Waals surface area contributed by atoms with Gasteiger partial charge in [-0.1, -0.05) is 6.07 Å². The molecular formula is C13H17ClFNO. The fourth-order valence-corrected chi connectivity index (χ4v) is 1.85. The molecule has 0 aliphatic rings. The van der Waals surface area contributed by atoms with E-state index in [2.05, 4.69) is 0 Å². The van der Waals surface area contributed by atoms with Crippen LogP contribution >= 0.6 is 11.6 Å². The molecule has 4 heteroatoms. The highest BCUT2D eigenvalue weighted by Gasteiger charge is 2.20. The Hall–Kier alpha value is -1.09. The normalized spacial score (nSPS) is 10.7. The number of benzene rings is 1. The van der Waals surface area contributed by atoms with Gasteiger partial charge in [-0.25, -0.2) is 4.39 Å². The van der Waals surface area contributed by atoms with Crippen LogP contribution < -0.4 is 0 Å². The predicted molar refractivity (Wildman–Crippen MR) is 68.0 cm³/mol. The minimum Gasteiger partial charge on any atom is -0.335 e. The van der Waals surface area contributed by atoms with Crippen molar-refractivity contribution in [2.45, 2.75) is 26.8 Å². The molecule has 2 nitrogen and oxygen atoms in total. The van der Waals surface area contributed by atoms with E-state index in [0.717, 1.165) is 5.56 Å². The van der Waals surface area contributed by atoms with Crippen molar-refractivity contribution in [2.75, 3.05) is 12.4 Å². The molecule has 94 valence electrons. The zero-order chi connectivity index (χ0) is 13.0. The number of hydrogen-bond acceptors (Lipinski definition) is 1. The van der Waals surface area contributed by atoms with Gasteiger partial charge in [-0.15, -0.1) is 11.6 Å². The van der Waals surface area contributed by atoms with Gasteiger partial charge in [0.05, 0.1) is 0 Å². The summed E-state index contributed by atoms with van der Waals surface area (Å²) < 4.78 is 13.2. The number of aryl methyl sites for hydroxylation is 1. The lowest BCUT2D eigenvalue weighted by molar-refractivity contribution is 0.0717. The number of alkyl halides is 1. The topological polar surface area (TPSA) is 20.3 Å². The molecule has 0 atom stereocenters. The van der Waals surface area contributed by atoms with Gasteiger partial charge in [0, 0.05) is 24.0 Å². The maximum atomic E-state index is 13.2. The Morgan fingerprint density at radius 1 is 1.47 bits per heavy atom. The number of rotatable bonds is 4. The van der Waals surface area contributed by atoms with Gasteiger partial charge >= 0.3 is 0 Å². The van der Waals surface area contributed by atoms with Crippen LogP contribution in [0.4, 0.5) is 4.39 Å². The standard InChI is InChI=1S/C13H17ClFNO/c1-9(2)16(7-6-14)13(17)12-8-11(15)5-4-10(12)3/h4-5,8-9H,6-7H2,1-3H3. The highest BCUT2D eigenvalue weighted by Crippen LogP contribution is 2.14. The van der Waals surface area contributed by atoms with Crippen molar-refractivity contribution < 1.29 is 9.18 Å². The van der Waals surface area contributed by atoms with Gasteiger partial charge in [0.15, 0.2) is 0 Å². The zero-order valence-corrected chi connectivity index (χ0v) is 11.1. The van der Waals surface area contributed by atoms with E-state index >= 15 is 0 Å². The Balaban J connectivity index is 3.04. The summed E-state index contributed by atoms with van der Waals surface area (Å²) in [6.07, 6.45) is 0. The first-order chi connectivity index (χ1) is 7.97. The fraction of sp³-hybridized carbons (Fsp3) is 0.462. The summed E-state index contributed by atoms with van der Waals surface area (Å²) in [4.78, 5) is 13.9. The maximum Gasteiger partial charge on any atom is 0.254 e. The van der Waals surface area contributed by atoms with E-state index in [9.17, 15) is 9.18 Å². The minimum absolute atomic E-state index is 0.0453. The van der Waals surface area contributed by atoms with E-state index in [4.69, 9.17) is 11.6 Å². The lowest BCUT2D eigenvalue weighted by Gasteiger charge is -2.26. The highest BCUT2D eigenvalue weighted by molar-refractivity contribution is 6.18. The Bertz CT molecular complexity index is 406. The van der Waals surface area contributed by atoms with E-state index < -0.39 is 5.82 Å². The Kier molecular flexibility index (Phi) is 4.94. The van der Waals surface area contributed by atoms with Crippen molar-refractivity contribution in [3.05, 3.63) is 35.1 Å². The third-order valence-corrected chi connectivity index (χ3v) is 2.81. The second-order valence-corrected chi connectivity index (χ2v) is 4.62. The number of amides is 1. The monoisotopic (exact) mass is 257 g/mol. The van der Waals surface area contributed by atoms with Crippen molar-refractivity contribution in [3.8, 4) is 0 Å². The quantitative estimate of drug-likeness (QED) is 0.759. The molecule has 1 aromatic rings. The molecule has 0 heterocycles. The first-order valence-corrected chi connectivity index (χ1v) is 6.14. The van der Waals surface area contributed by atoms with Crippen LogP contribution in [0.15, 0.2) is 18.2 Å². The number of halogens is 2. The van der Waals surface area contributed by atoms with Crippen LogP contribution in [0.5, 0.6) is 0 Å². The molecule has 0 spiro atoms. The van der Waals surface area contributed by atoms with Crippen molar-refractivity contribution in [3.63, 3.8) is 0 Å². The van der Waals surface area contributed by atoms with Crippen molar-refractivity contribution in [2.24, 2.45) is 0 Å². The van der Waals surface area contributed by atoms with Crippen molar-refractivity contribution in [1.82, 2.24) is 4.90 Å². The maximum absolute atomic E-state index is 13.2. The lowest BCUT2D eigenvalue weighted by Crippen LogP contribution is -2.38. The predicted octanol–water partition coefficient (Wildman–Crippen LogP) is 3.22. The van der Waals surface area contributed by atoms with Gasteiger partial charge < -0.3 is 4.90 Å². The molecular weight excluding hydrogens is 241 g/mol. The molecule has 0 N–H and O–H groups in total. The van der Waals surface area contributed by atoms with E-state index in [1.165, 1.54) is 12.1 Å². The number of nitrogens with zero attached hydrogens (tertiary/aromatic N) is 1. The smallest absolute Gasteiger partial charge is 0.254 e. The minimum atomic E-state index is -0.395. The molecule has 0 saturated carbocycles. The number of carbonyl (C=O) groups excluding carboxylic acids is 1. The molecule has 0 aliphatic carbocycles. The molecule has 17 heavy (non-hydrogen) atoms. The van der Waals surface area contributed by atoms with Crippen molar-refractivity contribution >= 4 is 17.5 Å². The summed E-state index contributed by atoms with van der Waals surface area (Å²) >= 11 is 5.67. The van der Waals surface area contributed by atoms with E-state index in [-0.39, 0.29) is 11.9 Å². The largest absolute Gasteiger partial charge is 0.335 e. The molecule has 0 aromatic heterocycles. The summed E-state index contributed by atoms with van der Waals surface area (Å²) in [5, 5.41) is 0. The number of carbonyl (C=O) groups is 1. The van der Waals surface area contributed by atoms with Crippen molar-refractivity contribution in [1.29, 1.82) is 0 Å². The molecule has 0 bridgehead atoms. The van der Waals surface area contributed by atoms with Crippen LogP contribution in [0.3, 0.4) is 0 Å². The molecule has 1 amide bonds. The summed E-state index contributed by atoms with van der Waals surface area (Å²) in [6, 6.07) is 4.29. The zero-order valence-electron chi connectivity index (χ0n) is 10.3. The summed E-state index contributed by atoms with van der Waals surface area (Å²) in [5.41, 5.74) is 1.18. The highest BCUT2D eigenvalue weighted by atomic mass is 35.5. The first-order valence-electron chi connectivity index (χ1n) is 5.60. The molecule has 0 saturated heterocycles. The van der Waals surface area contributed by atoms with Gasteiger partial charge in [0.1, 0.15) is 5.82 Å². The summed E-state index contributed by atoms with van der Waals surface area (Å²) in [7, 11) is 0. The van der Waals surface area contributed by atoms with Gasteiger partial charge in [-0.2, -0.15) is 0 Å². The summed E-state index contributed by atoms with van der Waals surface area (Å²) in [6.45, 7) is 6.10. The third kappa shape index (κ3) is 3.43. The third-order valence-electron chi connectivity index (χ3n) is 2.64. The van der Waals surface area contributed by atoms with E-state index in [0.29, 0.717) is 18.0 Å². The molecule has 0 unspecified atom stereocenters. The van der Waals surface area contributed by atoms with Gasteiger partial charge in [-0.3, -0.25) is 4.79 Å². The number of hydrogen-bond donors (Lipinski definition) is 0. The molecule has 1 aromatic carbocycles. The van der Waals surface area contributed by atoms with Gasteiger partial charge in [0.2, 0.25) is 0 Å². The van der Waals surface area contributed by atoms with Crippen LogP contribution in [-0.2, 0) is 0 Å². The van der Waals surface area contributed by atoms with E-state index in [1.807, 2.05) is 13.8 Å². The average Bonchev–Trinajstić information content (AvgIpc) is 2.28. The second-order valence-electron chi connectivity index (χ2n) is 4.24. The van der Waals surface area contributed by atoms with Crippen LogP contribution in [0, 0.1) is 12.7 Å². The van der Waals surface area contributed by atoms with Gasteiger partial charge in [0.25, 0.3) is 5.91 Å². The van der Waals surface area contributed by atoms with Gasteiger partial charge in [-0.05, 0) is 38.5 Å². The SMILES string of the molecule is Cc1ccc(F)cc1C(=O)N(CCCl)C(C)C. The molecule has 0 fully saturated rings. The molecule has 0 aliphatic heterocycles. The van der Waals surface area contributed by atoms with Crippen LogP contribution in [0.1, 0.15) is 29.8 Å². The molecule has 0 radical (unpaired) electrons. The fourth-order valence-electron chi connectivity index (χ4n) is 1.66.